The number of hydrogen-bond donors (Lipinski definition) is 1. The first kappa shape index (κ1) is 16.7. The average Bonchev–Trinajstić information content (AvgIpc) is 3.35. The maximum atomic E-state index is 5.99. The van der Waals surface area contributed by atoms with Crippen LogP contribution in [0, 0.1) is 0 Å². The van der Waals surface area contributed by atoms with Crippen molar-refractivity contribution in [3.8, 4) is 5.75 Å². The Morgan fingerprint density at radius 3 is 2.86 bits per heavy atom. The summed E-state index contributed by atoms with van der Waals surface area (Å²) in [6, 6.07) is 18.0. The number of H-pyrrole nitrogens is 1. The first-order valence-corrected chi connectivity index (χ1v) is 9.43. The Bertz CT molecular complexity index is 1130. The number of para-hydroxylation sites is 2. The molecule has 0 bridgehead atoms. The largest absolute Gasteiger partial charge is 0.484 e. The molecule has 0 saturated heterocycles. The molecule has 28 heavy (non-hydrogen) atoms. The van der Waals surface area contributed by atoms with E-state index in [4.69, 9.17) is 9.15 Å². The van der Waals surface area contributed by atoms with Crippen LogP contribution in [0.25, 0.3) is 16.6 Å². The van der Waals surface area contributed by atoms with Gasteiger partial charge in [-0.2, -0.15) is 0 Å². The van der Waals surface area contributed by atoms with Crippen molar-refractivity contribution in [3.63, 3.8) is 0 Å². The Morgan fingerprint density at radius 1 is 1.14 bits per heavy atom. The summed E-state index contributed by atoms with van der Waals surface area (Å²) < 4.78 is 11.7. The van der Waals surface area contributed by atoms with E-state index in [2.05, 4.69) is 39.6 Å². The molecule has 0 spiro atoms. The van der Waals surface area contributed by atoms with Crippen molar-refractivity contribution in [1.82, 2.24) is 14.9 Å². The third kappa shape index (κ3) is 3.05. The van der Waals surface area contributed by atoms with E-state index in [0.717, 1.165) is 46.9 Å². The summed E-state index contributed by atoms with van der Waals surface area (Å²) in [5.74, 6) is 2.33. The number of ether oxygens (including phenoxy) is 1. The van der Waals surface area contributed by atoms with Crippen molar-refractivity contribution in [1.29, 1.82) is 0 Å². The minimum absolute atomic E-state index is 0.334. The highest BCUT2D eigenvalue weighted by Gasteiger charge is 2.24. The number of benzene rings is 2. The van der Waals surface area contributed by atoms with Gasteiger partial charge in [0.1, 0.15) is 11.5 Å². The number of fused-ring (bicyclic) bond motifs is 2. The van der Waals surface area contributed by atoms with E-state index in [9.17, 15) is 0 Å². The van der Waals surface area contributed by atoms with Crippen molar-refractivity contribution < 1.29 is 9.15 Å². The molecule has 0 aliphatic carbocycles. The highest BCUT2D eigenvalue weighted by atomic mass is 16.5. The quantitative estimate of drug-likeness (QED) is 0.549. The molecule has 1 aliphatic rings. The molecule has 4 aromatic rings. The molecular weight excluding hydrogens is 350 g/mol. The van der Waals surface area contributed by atoms with E-state index in [1.165, 1.54) is 5.39 Å². The van der Waals surface area contributed by atoms with Gasteiger partial charge in [0, 0.05) is 41.3 Å². The number of aromatic nitrogens is 2. The number of rotatable bonds is 5. The predicted molar refractivity (Wildman–Crippen MR) is 109 cm³/mol. The summed E-state index contributed by atoms with van der Waals surface area (Å²) in [6.45, 7) is 6.22. The summed E-state index contributed by atoms with van der Waals surface area (Å²) in [4.78, 5) is 10.2. The van der Waals surface area contributed by atoms with Gasteiger partial charge in [0.25, 0.3) is 0 Å². The highest BCUT2D eigenvalue weighted by molar-refractivity contribution is 5.91. The second-order valence-electron chi connectivity index (χ2n) is 6.95. The zero-order chi connectivity index (χ0) is 18.9. The fraction of sp³-hybridized carbons (Fsp3) is 0.174. The molecule has 140 valence electrons. The normalized spacial score (nSPS) is 13.5. The van der Waals surface area contributed by atoms with Crippen LogP contribution < -0.4 is 4.74 Å². The number of nitrogens with one attached hydrogen (secondary N) is 1. The topological polar surface area (TPSA) is 54.3 Å². The molecule has 0 atom stereocenters. The second-order valence-corrected chi connectivity index (χ2v) is 6.95. The third-order valence-electron chi connectivity index (χ3n) is 5.16. The molecule has 0 fully saturated rings. The lowest BCUT2D eigenvalue weighted by molar-refractivity contribution is 0.250. The summed E-state index contributed by atoms with van der Waals surface area (Å²) >= 11 is 0. The molecule has 0 unspecified atom stereocenters. The second kappa shape index (κ2) is 6.93. The van der Waals surface area contributed by atoms with E-state index < -0.39 is 0 Å². The molecule has 1 N–H and O–H groups in total. The van der Waals surface area contributed by atoms with Crippen LogP contribution in [0.15, 0.2) is 71.8 Å². The van der Waals surface area contributed by atoms with Crippen molar-refractivity contribution in [3.05, 3.63) is 90.3 Å². The van der Waals surface area contributed by atoms with Crippen LogP contribution in [0.1, 0.15) is 22.9 Å². The summed E-state index contributed by atoms with van der Waals surface area (Å²) in [7, 11) is 0. The molecule has 2 aromatic heterocycles. The van der Waals surface area contributed by atoms with Crippen molar-refractivity contribution >= 4 is 16.6 Å². The van der Waals surface area contributed by atoms with Crippen LogP contribution in [-0.2, 0) is 19.6 Å². The fourth-order valence-electron chi connectivity index (χ4n) is 3.68. The van der Waals surface area contributed by atoms with Gasteiger partial charge in [-0.1, -0.05) is 43.0 Å². The van der Waals surface area contributed by atoms with Crippen molar-refractivity contribution in [2.24, 2.45) is 0 Å². The molecule has 2 aromatic carbocycles. The molecule has 0 amide bonds. The number of nitrogens with zero attached hydrogens (tertiary/aromatic N) is 2. The third-order valence-corrected chi connectivity index (χ3v) is 5.16. The SMILES string of the molecule is C=C(c1c[nH]c2ccccc12)N1CCc2nc(COc3ccccc3)oc2C1. The van der Waals surface area contributed by atoms with E-state index in [1.54, 1.807) is 0 Å². The summed E-state index contributed by atoms with van der Waals surface area (Å²) in [6.07, 6.45) is 2.87. The van der Waals surface area contributed by atoms with E-state index >= 15 is 0 Å². The maximum absolute atomic E-state index is 5.99. The summed E-state index contributed by atoms with van der Waals surface area (Å²) in [5, 5.41) is 1.19. The van der Waals surface area contributed by atoms with E-state index in [0.29, 0.717) is 19.0 Å². The first-order chi connectivity index (χ1) is 13.8. The van der Waals surface area contributed by atoms with Gasteiger partial charge in [0.15, 0.2) is 6.61 Å². The Morgan fingerprint density at radius 2 is 1.96 bits per heavy atom. The molecule has 5 heteroatoms. The monoisotopic (exact) mass is 371 g/mol. The molecule has 1 aliphatic heterocycles. The van der Waals surface area contributed by atoms with Gasteiger partial charge in [0.2, 0.25) is 5.89 Å². The van der Waals surface area contributed by atoms with Gasteiger partial charge < -0.3 is 19.0 Å². The lowest BCUT2D eigenvalue weighted by Gasteiger charge is -2.28. The predicted octanol–water partition coefficient (Wildman–Crippen LogP) is 4.76. The summed E-state index contributed by atoms with van der Waals surface area (Å²) in [5.41, 5.74) is 4.28. The Hall–Kier alpha value is -3.47. The lowest BCUT2D eigenvalue weighted by atomic mass is 10.1. The van der Waals surface area contributed by atoms with E-state index in [1.807, 2.05) is 42.6 Å². The smallest absolute Gasteiger partial charge is 0.232 e. The number of oxazole rings is 1. The van der Waals surface area contributed by atoms with Gasteiger partial charge in [-0.15, -0.1) is 0 Å². The molecular formula is C23H21N3O2. The van der Waals surface area contributed by atoms with Crippen LogP contribution >= 0.6 is 0 Å². The standard InChI is InChI=1S/C23H21N3O2/c1-16(19-13-24-20-10-6-5-9-18(19)20)26-12-11-21-22(14-26)28-23(25-21)15-27-17-7-3-2-4-8-17/h2-10,13,24H,1,11-12,14-15H2. The zero-order valence-corrected chi connectivity index (χ0v) is 15.5. The van der Waals surface area contributed by atoms with Crippen LogP contribution in [0.3, 0.4) is 0 Å². The lowest BCUT2D eigenvalue weighted by Crippen LogP contribution is -2.28. The minimum Gasteiger partial charge on any atom is -0.484 e. The molecule has 0 radical (unpaired) electrons. The number of aromatic amines is 1. The molecule has 5 nitrogen and oxygen atoms in total. The minimum atomic E-state index is 0.334. The number of hydrogen-bond acceptors (Lipinski definition) is 4. The maximum Gasteiger partial charge on any atom is 0.232 e. The average molecular weight is 371 g/mol. The van der Waals surface area contributed by atoms with Crippen LogP contribution in [-0.4, -0.2) is 21.4 Å². The Labute approximate surface area is 163 Å². The van der Waals surface area contributed by atoms with Gasteiger partial charge in [0.05, 0.1) is 12.2 Å². The molecule has 3 heterocycles. The van der Waals surface area contributed by atoms with E-state index in [-0.39, 0.29) is 0 Å². The highest BCUT2D eigenvalue weighted by Crippen LogP contribution is 2.30. The van der Waals surface area contributed by atoms with Crippen LogP contribution in [0.5, 0.6) is 5.75 Å². The molecule has 0 saturated carbocycles. The van der Waals surface area contributed by atoms with Crippen LogP contribution in [0.2, 0.25) is 0 Å². The first-order valence-electron chi connectivity index (χ1n) is 9.43. The van der Waals surface area contributed by atoms with Gasteiger partial charge in [-0.25, -0.2) is 4.98 Å². The zero-order valence-electron chi connectivity index (χ0n) is 15.5. The Kier molecular flexibility index (Phi) is 4.13. The fourth-order valence-corrected chi connectivity index (χ4v) is 3.68. The van der Waals surface area contributed by atoms with Gasteiger partial charge in [-0.3, -0.25) is 0 Å². The Balaban J connectivity index is 1.31. The van der Waals surface area contributed by atoms with Gasteiger partial charge >= 0.3 is 0 Å². The van der Waals surface area contributed by atoms with Crippen molar-refractivity contribution in [2.45, 2.75) is 19.6 Å². The van der Waals surface area contributed by atoms with Crippen molar-refractivity contribution in [2.75, 3.05) is 6.54 Å². The molecule has 5 rings (SSSR count). The van der Waals surface area contributed by atoms with Gasteiger partial charge in [-0.05, 0) is 18.2 Å². The van der Waals surface area contributed by atoms with Crippen LogP contribution in [0.4, 0.5) is 0 Å².